The van der Waals surface area contributed by atoms with Gasteiger partial charge in [-0.25, -0.2) is 16.8 Å². The first-order valence-corrected chi connectivity index (χ1v) is 12.9. The van der Waals surface area contributed by atoms with Gasteiger partial charge in [-0.05, 0) is 55.7 Å². The van der Waals surface area contributed by atoms with Gasteiger partial charge in [0.15, 0.2) is 19.7 Å². The zero-order valence-electron chi connectivity index (χ0n) is 16.6. The van der Waals surface area contributed by atoms with E-state index in [1.54, 1.807) is 6.07 Å². The molecular weight excluding hydrogens is 477 g/mol. The molecule has 0 N–H and O–H groups in total. The Morgan fingerprint density at radius 1 is 1.10 bits per heavy atom. The monoisotopic (exact) mass is 496 g/mol. The maximum atomic E-state index is 13.3. The van der Waals surface area contributed by atoms with Crippen molar-refractivity contribution in [3.8, 4) is 0 Å². The highest BCUT2D eigenvalue weighted by molar-refractivity contribution is 7.92. The summed E-state index contributed by atoms with van der Waals surface area (Å²) in [6, 6.07) is 7.93. The predicted octanol–water partition coefficient (Wildman–Crippen LogP) is 4.85. The summed E-state index contributed by atoms with van der Waals surface area (Å²) in [5.74, 6) is 0. The van der Waals surface area contributed by atoms with E-state index in [1.165, 1.54) is 19.1 Å². The molecule has 0 aliphatic carbocycles. The van der Waals surface area contributed by atoms with Crippen molar-refractivity contribution in [3.63, 3.8) is 0 Å². The number of halogens is 4. The fourth-order valence-electron chi connectivity index (χ4n) is 3.56. The van der Waals surface area contributed by atoms with Gasteiger partial charge in [0.2, 0.25) is 0 Å². The Hall–Kier alpha value is -1.62. The summed E-state index contributed by atoms with van der Waals surface area (Å²) < 4.78 is 94.0. The van der Waals surface area contributed by atoms with Crippen molar-refractivity contribution in [2.45, 2.75) is 46.6 Å². The Labute approximate surface area is 184 Å². The molecule has 170 valence electrons. The van der Waals surface area contributed by atoms with Crippen LogP contribution in [0.1, 0.15) is 37.0 Å². The van der Waals surface area contributed by atoms with Gasteiger partial charge in [-0.2, -0.15) is 13.2 Å². The molecule has 0 amide bonds. The number of sulfone groups is 2. The molecule has 2 unspecified atom stereocenters. The largest absolute Gasteiger partial charge is 0.416 e. The predicted molar refractivity (Wildman–Crippen MR) is 110 cm³/mol. The van der Waals surface area contributed by atoms with Gasteiger partial charge in [0.05, 0.1) is 31.2 Å². The van der Waals surface area contributed by atoms with Crippen LogP contribution in [0.4, 0.5) is 13.2 Å². The zero-order chi connectivity index (χ0) is 23.2. The third-order valence-corrected chi connectivity index (χ3v) is 9.54. The Morgan fingerprint density at radius 2 is 1.77 bits per heavy atom. The molecule has 0 saturated carbocycles. The SMILES string of the molecule is CC1(S(=O)(=O)c2cccc(C(F)(F)F)c2)CCOC(c2ccc(Cl)c(S(C)(=O)=O)c2)C1. The topological polar surface area (TPSA) is 77.5 Å². The van der Waals surface area contributed by atoms with Crippen molar-refractivity contribution in [2.24, 2.45) is 0 Å². The summed E-state index contributed by atoms with van der Waals surface area (Å²) in [5, 5.41) is 0.0291. The van der Waals surface area contributed by atoms with Gasteiger partial charge in [0.1, 0.15) is 0 Å². The second-order valence-electron chi connectivity index (χ2n) is 7.75. The van der Waals surface area contributed by atoms with Crippen molar-refractivity contribution in [1.29, 1.82) is 0 Å². The normalized spacial score (nSPS) is 23.0. The van der Waals surface area contributed by atoms with Crippen LogP contribution in [0.25, 0.3) is 0 Å². The fourth-order valence-corrected chi connectivity index (χ4v) is 6.70. The molecule has 1 fully saturated rings. The summed E-state index contributed by atoms with van der Waals surface area (Å²) >= 11 is 5.97. The second kappa shape index (κ2) is 8.06. The molecule has 2 aromatic carbocycles. The molecular formula is C20H20ClF3O5S2. The molecule has 0 aromatic heterocycles. The number of hydrogen-bond donors (Lipinski definition) is 0. The van der Waals surface area contributed by atoms with Crippen molar-refractivity contribution in [2.75, 3.05) is 12.9 Å². The van der Waals surface area contributed by atoms with Gasteiger partial charge in [0, 0.05) is 12.9 Å². The standard InChI is InChI=1S/C20H20ClF3O5S2/c1-19(31(27,28)15-5-3-4-14(11-15)20(22,23)24)8-9-29-17(12-19)13-6-7-16(21)18(10-13)30(2,25)26/h3-7,10-11,17H,8-9,12H2,1-2H3. The van der Waals surface area contributed by atoms with E-state index in [-0.39, 0.29) is 29.4 Å². The zero-order valence-corrected chi connectivity index (χ0v) is 19.0. The van der Waals surface area contributed by atoms with E-state index in [4.69, 9.17) is 16.3 Å². The third kappa shape index (κ3) is 4.76. The highest BCUT2D eigenvalue weighted by Gasteiger charge is 2.45. The van der Waals surface area contributed by atoms with E-state index in [1.807, 2.05) is 0 Å². The van der Waals surface area contributed by atoms with E-state index in [9.17, 15) is 30.0 Å². The lowest BCUT2D eigenvalue weighted by Gasteiger charge is -2.38. The van der Waals surface area contributed by atoms with Crippen LogP contribution < -0.4 is 0 Å². The van der Waals surface area contributed by atoms with Crippen molar-refractivity contribution >= 4 is 31.3 Å². The molecule has 1 heterocycles. The van der Waals surface area contributed by atoms with Crippen LogP contribution in [0.15, 0.2) is 52.3 Å². The van der Waals surface area contributed by atoms with E-state index in [0.29, 0.717) is 11.6 Å². The fraction of sp³-hybridized carbons (Fsp3) is 0.400. The van der Waals surface area contributed by atoms with Crippen LogP contribution in [0.2, 0.25) is 5.02 Å². The average molecular weight is 497 g/mol. The van der Waals surface area contributed by atoms with Crippen LogP contribution in [0.5, 0.6) is 0 Å². The van der Waals surface area contributed by atoms with Crippen LogP contribution in [-0.4, -0.2) is 34.4 Å². The summed E-state index contributed by atoms with van der Waals surface area (Å²) in [4.78, 5) is -0.526. The minimum absolute atomic E-state index is 0.0291. The number of hydrogen-bond acceptors (Lipinski definition) is 5. The van der Waals surface area contributed by atoms with Gasteiger partial charge in [-0.3, -0.25) is 0 Å². The first-order valence-electron chi connectivity index (χ1n) is 9.18. The molecule has 1 aliphatic rings. The van der Waals surface area contributed by atoms with E-state index in [0.717, 1.165) is 24.5 Å². The molecule has 2 atom stereocenters. The molecule has 5 nitrogen and oxygen atoms in total. The molecule has 1 saturated heterocycles. The van der Waals surface area contributed by atoms with E-state index >= 15 is 0 Å². The number of rotatable bonds is 4. The average Bonchev–Trinajstić information content (AvgIpc) is 2.67. The highest BCUT2D eigenvalue weighted by atomic mass is 35.5. The Bertz CT molecular complexity index is 1210. The van der Waals surface area contributed by atoms with Crippen molar-refractivity contribution in [1.82, 2.24) is 0 Å². The summed E-state index contributed by atoms with van der Waals surface area (Å²) in [6.45, 7) is 1.50. The van der Waals surface area contributed by atoms with Crippen molar-refractivity contribution in [3.05, 3.63) is 58.6 Å². The molecule has 2 aromatic rings. The van der Waals surface area contributed by atoms with Gasteiger partial charge in [-0.1, -0.05) is 23.7 Å². The van der Waals surface area contributed by atoms with Gasteiger partial charge >= 0.3 is 6.18 Å². The van der Waals surface area contributed by atoms with E-state index in [2.05, 4.69) is 0 Å². The molecule has 1 aliphatic heterocycles. The number of alkyl halides is 3. The van der Waals surface area contributed by atoms with Gasteiger partial charge in [-0.15, -0.1) is 0 Å². The minimum Gasteiger partial charge on any atom is -0.373 e. The molecule has 3 rings (SSSR count). The van der Waals surface area contributed by atoms with Crippen LogP contribution in [0, 0.1) is 0 Å². The smallest absolute Gasteiger partial charge is 0.373 e. The summed E-state index contributed by atoms with van der Waals surface area (Å²) in [7, 11) is -7.78. The molecule has 0 radical (unpaired) electrons. The Morgan fingerprint density at radius 3 is 2.39 bits per heavy atom. The van der Waals surface area contributed by atoms with Crippen LogP contribution >= 0.6 is 11.6 Å². The maximum absolute atomic E-state index is 13.3. The quantitative estimate of drug-likeness (QED) is 0.605. The Balaban J connectivity index is 1.99. The second-order valence-corrected chi connectivity index (χ2v) is 12.6. The van der Waals surface area contributed by atoms with Crippen LogP contribution in [-0.2, 0) is 30.6 Å². The lowest BCUT2D eigenvalue weighted by molar-refractivity contribution is -0.137. The molecule has 0 spiro atoms. The van der Waals surface area contributed by atoms with Gasteiger partial charge in [0.25, 0.3) is 0 Å². The molecule has 0 bridgehead atoms. The maximum Gasteiger partial charge on any atom is 0.416 e. The lowest BCUT2D eigenvalue weighted by atomic mass is 9.92. The summed E-state index contributed by atoms with van der Waals surface area (Å²) in [5.41, 5.74) is -0.619. The highest BCUT2D eigenvalue weighted by Crippen LogP contribution is 2.43. The molecule has 11 heteroatoms. The first kappa shape index (κ1) is 24.0. The van der Waals surface area contributed by atoms with Crippen LogP contribution in [0.3, 0.4) is 0 Å². The third-order valence-electron chi connectivity index (χ3n) is 5.41. The lowest BCUT2D eigenvalue weighted by Crippen LogP contribution is -2.42. The summed E-state index contributed by atoms with van der Waals surface area (Å²) in [6.07, 6.45) is -4.42. The van der Waals surface area contributed by atoms with E-state index < -0.39 is 47.2 Å². The molecule has 31 heavy (non-hydrogen) atoms. The number of ether oxygens (including phenoxy) is 1. The number of benzene rings is 2. The minimum atomic E-state index is -4.67. The van der Waals surface area contributed by atoms with Crippen molar-refractivity contribution < 1.29 is 34.7 Å². The Kier molecular flexibility index (Phi) is 6.25. The first-order chi connectivity index (χ1) is 14.1. The van der Waals surface area contributed by atoms with Gasteiger partial charge < -0.3 is 4.74 Å².